The second-order valence-corrected chi connectivity index (χ2v) is 4.81. The van der Waals surface area contributed by atoms with E-state index in [1.54, 1.807) is 12.7 Å². The number of hydrogen-bond donors (Lipinski definition) is 1. The predicted octanol–water partition coefficient (Wildman–Crippen LogP) is 1.06. The average Bonchev–Trinajstić information content (AvgIpc) is 3.15. The average molecular weight is 206 g/mol. The van der Waals surface area contributed by atoms with Crippen molar-refractivity contribution < 1.29 is 0 Å². The van der Waals surface area contributed by atoms with Crippen molar-refractivity contribution in [3.8, 4) is 0 Å². The van der Waals surface area contributed by atoms with Gasteiger partial charge in [0.25, 0.3) is 0 Å². The summed E-state index contributed by atoms with van der Waals surface area (Å²) in [5.74, 6) is 1.96. The zero-order chi connectivity index (χ0) is 10.1. The van der Waals surface area contributed by atoms with Crippen LogP contribution in [-0.2, 0) is 6.54 Å². The van der Waals surface area contributed by atoms with Crippen LogP contribution in [0.15, 0.2) is 12.7 Å². The van der Waals surface area contributed by atoms with Crippen LogP contribution in [0.3, 0.4) is 0 Å². The molecule has 0 saturated heterocycles. The van der Waals surface area contributed by atoms with Crippen molar-refractivity contribution in [2.45, 2.75) is 38.3 Å². The van der Waals surface area contributed by atoms with Crippen molar-refractivity contribution in [1.29, 1.82) is 0 Å². The summed E-state index contributed by atoms with van der Waals surface area (Å²) in [5, 5.41) is 7.79. The Morgan fingerprint density at radius 3 is 2.53 bits per heavy atom. The van der Waals surface area contributed by atoms with Crippen molar-refractivity contribution in [2.24, 2.45) is 11.8 Å². The third kappa shape index (κ3) is 2.37. The second-order valence-electron chi connectivity index (χ2n) is 4.81. The summed E-state index contributed by atoms with van der Waals surface area (Å²) >= 11 is 0. The Balaban J connectivity index is 1.44. The number of nitrogens with one attached hydrogen (secondary N) is 1. The SMILES string of the molecule is c1ncn(CCNC(C2CC2)C2CC2)n1. The first-order chi connectivity index (χ1) is 7.43. The zero-order valence-corrected chi connectivity index (χ0v) is 8.97. The Hall–Kier alpha value is -0.900. The summed E-state index contributed by atoms with van der Waals surface area (Å²) in [6, 6.07) is 0.800. The van der Waals surface area contributed by atoms with Crippen molar-refractivity contribution in [2.75, 3.05) is 6.54 Å². The van der Waals surface area contributed by atoms with Crippen molar-refractivity contribution in [3.63, 3.8) is 0 Å². The number of aromatic nitrogens is 3. The Labute approximate surface area is 90.1 Å². The molecule has 0 atom stereocenters. The molecule has 1 N–H and O–H groups in total. The molecule has 2 fully saturated rings. The molecule has 2 aliphatic carbocycles. The number of hydrogen-bond acceptors (Lipinski definition) is 3. The first-order valence-corrected chi connectivity index (χ1v) is 5.99. The molecular formula is C11H18N4. The van der Waals surface area contributed by atoms with E-state index in [0.717, 1.165) is 31.0 Å². The predicted molar refractivity (Wildman–Crippen MR) is 57.3 cm³/mol. The van der Waals surface area contributed by atoms with Gasteiger partial charge in [-0.25, -0.2) is 4.98 Å². The lowest BCUT2D eigenvalue weighted by Crippen LogP contribution is -2.35. The van der Waals surface area contributed by atoms with Crippen LogP contribution >= 0.6 is 0 Å². The maximum absolute atomic E-state index is 4.10. The molecule has 0 aromatic carbocycles. The summed E-state index contributed by atoms with van der Waals surface area (Å²) in [5.41, 5.74) is 0. The fourth-order valence-corrected chi connectivity index (χ4v) is 2.32. The Kier molecular flexibility index (Phi) is 2.44. The van der Waals surface area contributed by atoms with Gasteiger partial charge in [-0.1, -0.05) is 0 Å². The van der Waals surface area contributed by atoms with E-state index in [9.17, 15) is 0 Å². The van der Waals surface area contributed by atoms with Crippen LogP contribution in [0.5, 0.6) is 0 Å². The third-order valence-corrected chi connectivity index (χ3v) is 3.45. The largest absolute Gasteiger partial charge is 0.312 e. The molecule has 0 unspecified atom stereocenters. The van der Waals surface area contributed by atoms with E-state index in [2.05, 4.69) is 15.4 Å². The zero-order valence-electron chi connectivity index (χ0n) is 8.97. The van der Waals surface area contributed by atoms with E-state index in [4.69, 9.17) is 0 Å². The fourth-order valence-electron chi connectivity index (χ4n) is 2.32. The van der Waals surface area contributed by atoms with Gasteiger partial charge in [0.1, 0.15) is 12.7 Å². The highest BCUT2D eigenvalue weighted by Crippen LogP contribution is 2.44. The van der Waals surface area contributed by atoms with E-state index in [1.165, 1.54) is 25.7 Å². The van der Waals surface area contributed by atoms with E-state index >= 15 is 0 Å². The van der Waals surface area contributed by atoms with Crippen LogP contribution in [0.4, 0.5) is 0 Å². The maximum atomic E-state index is 4.10. The van der Waals surface area contributed by atoms with Crippen LogP contribution in [0.25, 0.3) is 0 Å². The van der Waals surface area contributed by atoms with Crippen molar-refractivity contribution in [3.05, 3.63) is 12.7 Å². The number of nitrogens with zero attached hydrogens (tertiary/aromatic N) is 3. The first-order valence-electron chi connectivity index (χ1n) is 5.99. The molecule has 15 heavy (non-hydrogen) atoms. The summed E-state index contributed by atoms with van der Waals surface area (Å²) in [6.07, 6.45) is 9.15. The molecule has 2 aliphatic rings. The fraction of sp³-hybridized carbons (Fsp3) is 0.818. The van der Waals surface area contributed by atoms with Gasteiger partial charge in [-0.3, -0.25) is 4.68 Å². The molecular weight excluding hydrogens is 188 g/mol. The van der Waals surface area contributed by atoms with E-state index in [0.29, 0.717) is 0 Å². The quantitative estimate of drug-likeness (QED) is 0.756. The highest BCUT2D eigenvalue weighted by atomic mass is 15.3. The molecule has 4 nitrogen and oxygen atoms in total. The van der Waals surface area contributed by atoms with Gasteiger partial charge in [-0.05, 0) is 37.5 Å². The van der Waals surface area contributed by atoms with Gasteiger partial charge in [0.2, 0.25) is 0 Å². The molecule has 0 amide bonds. The topological polar surface area (TPSA) is 42.7 Å². The van der Waals surface area contributed by atoms with Gasteiger partial charge in [0, 0.05) is 12.6 Å². The van der Waals surface area contributed by atoms with Crippen LogP contribution in [0.2, 0.25) is 0 Å². The monoisotopic (exact) mass is 206 g/mol. The lowest BCUT2D eigenvalue weighted by molar-refractivity contribution is 0.400. The van der Waals surface area contributed by atoms with Gasteiger partial charge in [0.15, 0.2) is 0 Å². The minimum atomic E-state index is 0.800. The van der Waals surface area contributed by atoms with E-state index in [1.807, 2.05) is 4.68 Å². The van der Waals surface area contributed by atoms with Gasteiger partial charge in [-0.15, -0.1) is 0 Å². The Bertz CT molecular complexity index is 288. The van der Waals surface area contributed by atoms with Gasteiger partial charge < -0.3 is 5.32 Å². The summed E-state index contributed by atoms with van der Waals surface area (Å²) in [4.78, 5) is 3.94. The number of rotatable bonds is 6. The normalized spacial score (nSPS) is 21.1. The highest BCUT2D eigenvalue weighted by molar-refractivity contribution is 4.96. The molecule has 0 bridgehead atoms. The van der Waals surface area contributed by atoms with Crippen LogP contribution in [-0.4, -0.2) is 27.4 Å². The Morgan fingerprint density at radius 1 is 1.27 bits per heavy atom. The highest BCUT2D eigenvalue weighted by Gasteiger charge is 2.40. The third-order valence-electron chi connectivity index (χ3n) is 3.45. The summed E-state index contributed by atoms with van der Waals surface area (Å²) in [7, 11) is 0. The molecule has 4 heteroatoms. The smallest absolute Gasteiger partial charge is 0.137 e. The van der Waals surface area contributed by atoms with E-state index < -0.39 is 0 Å². The molecule has 0 aliphatic heterocycles. The molecule has 82 valence electrons. The molecule has 0 spiro atoms. The van der Waals surface area contributed by atoms with E-state index in [-0.39, 0.29) is 0 Å². The van der Waals surface area contributed by atoms with Crippen LogP contribution in [0, 0.1) is 11.8 Å². The molecule has 3 rings (SSSR count). The second kappa shape index (κ2) is 3.93. The maximum Gasteiger partial charge on any atom is 0.137 e. The summed E-state index contributed by atoms with van der Waals surface area (Å²) < 4.78 is 1.89. The minimum absolute atomic E-state index is 0.800. The van der Waals surface area contributed by atoms with Crippen molar-refractivity contribution in [1.82, 2.24) is 20.1 Å². The van der Waals surface area contributed by atoms with Gasteiger partial charge in [0.05, 0.1) is 6.54 Å². The minimum Gasteiger partial charge on any atom is -0.312 e. The van der Waals surface area contributed by atoms with Crippen molar-refractivity contribution >= 4 is 0 Å². The van der Waals surface area contributed by atoms with Gasteiger partial charge in [-0.2, -0.15) is 5.10 Å². The molecule has 0 radical (unpaired) electrons. The van der Waals surface area contributed by atoms with Crippen LogP contribution in [0.1, 0.15) is 25.7 Å². The molecule has 1 heterocycles. The Morgan fingerprint density at radius 2 is 2.00 bits per heavy atom. The van der Waals surface area contributed by atoms with Crippen LogP contribution < -0.4 is 5.32 Å². The lowest BCUT2D eigenvalue weighted by atomic mass is 10.1. The molecule has 1 aromatic heterocycles. The standard InChI is InChI=1S/C11H18N4/c1-2-9(1)11(10-3-4-10)13-5-6-15-8-12-7-14-15/h7-11,13H,1-6H2. The first kappa shape index (κ1) is 9.33. The lowest BCUT2D eigenvalue weighted by Gasteiger charge is -2.17. The van der Waals surface area contributed by atoms with Gasteiger partial charge >= 0.3 is 0 Å². The molecule has 2 saturated carbocycles. The molecule has 1 aromatic rings. The summed E-state index contributed by atoms with van der Waals surface area (Å²) in [6.45, 7) is 1.97.